The number of aliphatic imine (C=N–C) groups is 1. The number of aromatic nitrogens is 1. The Morgan fingerprint density at radius 2 is 1.96 bits per heavy atom. The lowest BCUT2D eigenvalue weighted by Gasteiger charge is -2.18. The van der Waals surface area contributed by atoms with E-state index in [9.17, 15) is 0 Å². The molecule has 0 amide bonds. The number of likely N-dealkylation sites (N-methyl/N-ethyl adjacent to an activating group) is 1. The molecule has 0 radical (unpaired) electrons. The fourth-order valence-corrected chi connectivity index (χ4v) is 2.27. The molecule has 8 heteroatoms. The summed E-state index contributed by atoms with van der Waals surface area (Å²) in [5, 5.41) is 6.61. The summed E-state index contributed by atoms with van der Waals surface area (Å²) in [7, 11) is 7.24. The van der Waals surface area contributed by atoms with Crippen molar-refractivity contribution in [1.82, 2.24) is 20.5 Å². The van der Waals surface area contributed by atoms with E-state index < -0.39 is 0 Å². The first-order valence-corrected chi connectivity index (χ1v) is 8.88. The molecule has 8 nitrogen and oxygen atoms in total. The van der Waals surface area contributed by atoms with Crippen LogP contribution in [0.4, 0.5) is 0 Å². The predicted octanol–water partition coefficient (Wildman–Crippen LogP) is 0.740. The van der Waals surface area contributed by atoms with Crippen molar-refractivity contribution in [3.8, 4) is 5.88 Å². The van der Waals surface area contributed by atoms with Crippen molar-refractivity contribution < 1.29 is 14.2 Å². The van der Waals surface area contributed by atoms with Gasteiger partial charge in [-0.05, 0) is 19.5 Å². The summed E-state index contributed by atoms with van der Waals surface area (Å²) >= 11 is 0. The van der Waals surface area contributed by atoms with Crippen molar-refractivity contribution in [3.63, 3.8) is 0 Å². The van der Waals surface area contributed by atoms with Gasteiger partial charge in [0, 0.05) is 65.8 Å². The van der Waals surface area contributed by atoms with Gasteiger partial charge in [0.25, 0.3) is 0 Å². The Balaban J connectivity index is 2.35. The molecular formula is C18H33N5O3. The highest BCUT2D eigenvalue weighted by atomic mass is 16.5. The van der Waals surface area contributed by atoms with Crippen LogP contribution in [0.3, 0.4) is 0 Å². The summed E-state index contributed by atoms with van der Waals surface area (Å²) in [6, 6.07) is 3.88. The third-order valence-electron chi connectivity index (χ3n) is 3.72. The fraction of sp³-hybridized carbons (Fsp3) is 0.667. The Labute approximate surface area is 156 Å². The van der Waals surface area contributed by atoms with Crippen LogP contribution in [0.25, 0.3) is 0 Å². The predicted molar refractivity (Wildman–Crippen MR) is 104 cm³/mol. The van der Waals surface area contributed by atoms with Gasteiger partial charge in [-0.15, -0.1) is 0 Å². The van der Waals surface area contributed by atoms with Gasteiger partial charge in [-0.25, -0.2) is 4.98 Å². The highest BCUT2D eigenvalue weighted by molar-refractivity contribution is 5.79. The van der Waals surface area contributed by atoms with Crippen molar-refractivity contribution in [3.05, 3.63) is 23.9 Å². The molecule has 0 aromatic carbocycles. The number of nitrogens with zero attached hydrogens (tertiary/aromatic N) is 3. The molecule has 0 unspecified atom stereocenters. The molecule has 0 aliphatic heterocycles. The summed E-state index contributed by atoms with van der Waals surface area (Å²) in [5.74, 6) is 1.37. The lowest BCUT2D eigenvalue weighted by molar-refractivity contribution is 0.143. The van der Waals surface area contributed by atoms with Crippen molar-refractivity contribution in [2.75, 3.05) is 67.8 Å². The first-order valence-electron chi connectivity index (χ1n) is 8.88. The molecule has 1 aromatic rings. The topological polar surface area (TPSA) is 80.2 Å². The molecule has 0 aliphatic carbocycles. The van der Waals surface area contributed by atoms with Gasteiger partial charge in [-0.1, -0.05) is 6.07 Å². The molecule has 2 N–H and O–H groups in total. The second-order valence-electron chi connectivity index (χ2n) is 5.81. The Morgan fingerprint density at radius 3 is 2.69 bits per heavy atom. The molecule has 0 spiro atoms. The summed E-state index contributed by atoms with van der Waals surface area (Å²) in [5.41, 5.74) is 0.975. The van der Waals surface area contributed by atoms with Crippen LogP contribution in [0.5, 0.6) is 5.88 Å². The van der Waals surface area contributed by atoms with Crippen LogP contribution in [0.2, 0.25) is 0 Å². The van der Waals surface area contributed by atoms with Crippen LogP contribution in [0.1, 0.15) is 12.0 Å². The van der Waals surface area contributed by atoms with Crippen molar-refractivity contribution in [1.29, 1.82) is 0 Å². The maximum absolute atomic E-state index is 5.65. The number of guanidine groups is 1. The van der Waals surface area contributed by atoms with E-state index in [0.717, 1.165) is 44.2 Å². The third-order valence-corrected chi connectivity index (χ3v) is 3.72. The molecule has 0 bridgehead atoms. The van der Waals surface area contributed by atoms with Crippen LogP contribution >= 0.6 is 0 Å². The Hall–Kier alpha value is -1.90. The average Bonchev–Trinajstić information content (AvgIpc) is 2.66. The SMILES string of the molecule is CN=C(NCCN(C)CCCOC)NCc1cccnc1OCCOC. The van der Waals surface area contributed by atoms with E-state index in [1.54, 1.807) is 27.5 Å². The first kappa shape index (κ1) is 22.1. The van der Waals surface area contributed by atoms with Gasteiger partial charge in [0.2, 0.25) is 5.88 Å². The minimum absolute atomic E-state index is 0.475. The first-order chi connectivity index (χ1) is 12.7. The Kier molecular flexibility index (Phi) is 12.2. The van der Waals surface area contributed by atoms with E-state index in [0.29, 0.717) is 25.6 Å². The smallest absolute Gasteiger partial charge is 0.218 e. The summed E-state index contributed by atoms with van der Waals surface area (Å²) in [6.45, 7) is 5.14. The number of methoxy groups -OCH3 is 2. The minimum atomic E-state index is 0.475. The summed E-state index contributed by atoms with van der Waals surface area (Å²) in [6.07, 6.45) is 2.75. The quantitative estimate of drug-likeness (QED) is 0.302. The summed E-state index contributed by atoms with van der Waals surface area (Å²) < 4.78 is 15.7. The van der Waals surface area contributed by atoms with Crippen molar-refractivity contribution in [2.45, 2.75) is 13.0 Å². The molecule has 0 fully saturated rings. The normalized spacial score (nSPS) is 11.7. The molecule has 26 heavy (non-hydrogen) atoms. The molecule has 1 rings (SSSR count). The lowest BCUT2D eigenvalue weighted by atomic mass is 10.2. The van der Waals surface area contributed by atoms with Gasteiger partial charge in [0.15, 0.2) is 5.96 Å². The zero-order valence-corrected chi connectivity index (χ0v) is 16.5. The maximum Gasteiger partial charge on any atom is 0.218 e. The standard InChI is InChI=1S/C18H33N5O3/c1-19-18(21-9-11-23(2)10-6-12-24-3)22-15-16-7-5-8-20-17(16)26-14-13-25-4/h5,7-8H,6,9-15H2,1-4H3,(H2,19,21,22). The van der Waals surface area contributed by atoms with Gasteiger partial charge in [0.1, 0.15) is 6.61 Å². The van der Waals surface area contributed by atoms with E-state index >= 15 is 0 Å². The molecule has 0 atom stereocenters. The zero-order valence-electron chi connectivity index (χ0n) is 16.5. The van der Waals surface area contributed by atoms with E-state index in [2.05, 4.69) is 32.6 Å². The van der Waals surface area contributed by atoms with Gasteiger partial charge >= 0.3 is 0 Å². The van der Waals surface area contributed by atoms with E-state index in [1.807, 2.05) is 12.1 Å². The molecular weight excluding hydrogens is 334 g/mol. The average molecular weight is 367 g/mol. The van der Waals surface area contributed by atoms with Gasteiger partial charge in [-0.2, -0.15) is 0 Å². The third kappa shape index (κ3) is 9.55. The number of nitrogens with one attached hydrogen (secondary N) is 2. The lowest BCUT2D eigenvalue weighted by Crippen LogP contribution is -2.40. The second-order valence-corrected chi connectivity index (χ2v) is 5.81. The van der Waals surface area contributed by atoms with Crippen LogP contribution in [0, 0.1) is 0 Å². The minimum Gasteiger partial charge on any atom is -0.475 e. The van der Waals surface area contributed by atoms with Crippen LogP contribution in [-0.2, 0) is 16.0 Å². The highest BCUT2D eigenvalue weighted by Crippen LogP contribution is 2.13. The molecule has 148 valence electrons. The number of pyridine rings is 1. The van der Waals surface area contributed by atoms with E-state index in [-0.39, 0.29) is 0 Å². The van der Waals surface area contributed by atoms with Crippen molar-refractivity contribution >= 4 is 5.96 Å². The number of hydrogen-bond donors (Lipinski definition) is 2. The molecule has 0 saturated carbocycles. The summed E-state index contributed by atoms with van der Waals surface area (Å²) in [4.78, 5) is 10.8. The number of rotatable bonds is 13. The molecule has 1 heterocycles. The van der Waals surface area contributed by atoms with E-state index in [1.165, 1.54) is 0 Å². The molecule has 0 aliphatic rings. The largest absolute Gasteiger partial charge is 0.475 e. The number of hydrogen-bond acceptors (Lipinski definition) is 6. The van der Waals surface area contributed by atoms with Crippen LogP contribution in [-0.4, -0.2) is 83.6 Å². The maximum atomic E-state index is 5.65. The van der Waals surface area contributed by atoms with Crippen molar-refractivity contribution in [2.24, 2.45) is 4.99 Å². The fourth-order valence-electron chi connectivity index (χ4n) is 2.27. The van der Waals surface area contributed by atoms with E-state index in [4.69, 9.17) is 14.2 Å². The van der Waals surface area contributed by atoms with Crippen LogP contribution < -0.4 is 15.4 Å². The molecule has 1 aromatic heterocycles. The monoisotopic (exact) mass is 367 g/mol. The zero-order chi connectivity index (χ0) is 19.0. The number of ether oxygens (including phenoxy) is 3. The van der Waals surface area contributed by atoms with Gasteiger partial charge in [0.05, 0.1) is 6.61 Å². The Morgan fingerprint density at radius 1 is 1.15 bits per heavy atom. The Bertz CT molecular complexity index is 513. The molecule has 0 saturated heterocycles. The second kappa shape index (κ2) is 14.3. The van der Waals surface area contributed by atoms with Gasteiger partial charge in [-0.3, -0.25) is 4.99 Å². The highest BCUT2D eigenvalue weighted by Gasteiger charge is 2.06. The van der Waals surface area contributed by atoms with Crippen LogP contribution in [0.15, 0.2) is 23.3 Å². The van der Waals surface area contributed by atoms with Gasteiger partial charge < -0.3 is 29.7 Å².